The van der Waals surface area contributed by atoms with E-state index in [2.05, 4.69) is 112 Å². The zero-order chi connectivity index (χ0) is 22.6. The summed E-state index contributed by atoms with van der Waals surface area (Å²) in [4.78, 5) is 4.96. The Bertz CT molecular complexity index is 1080. The van der Waals surface area contributed by atoms with Crippen molar-refractivity contribution in [2.45, 2.75) is 33.5 Å². The number of aromatic nitrogens is 1. The number of rotatable bonds is 7. The standard InChI is InChI=1S/C29H31NOP/c1-22-28(20-31-4)23(2)30-24(3)29(22)21-32(25-14-8-5-9-15-25,26-16-10-6-11-17-26)27-18-12-7-13-19-27/h5-19H,20-21H2,1-4H3/q+1. The average molecular weight is 441 g/mol. The second kappa shape index (κ2) is 9.77. The lowest BCUT2D eigenvalue weighted by Gasteiger charge is -2.29. The molecule has 4 aromatic rings. The first-order valence-electron chi connectivity index (χ1n) is 11.1. The van der Waals surface area contributed by atoms with Crippen LogP contribution in [0.25, 0.3) is 0 Å². The zero-order valence-corrected chi connectivity index (χ0v) is 20.3. The number of pyridine rings is 1. The van der Waals surface area contributed by atoms with Crippen LogP contribution in [0.4, 0.5) is 0 Å². The van der Waals surface area contributed by atoms with E-state index >= 15 is 0 Å². The van der Waals surface area contributed by atoms with Gasteiger partial charge in [0.15, 0.2) is 0 Å². The predicted octanol–water partition coefficient (Wildman–Crippen LogP) is 5.65. The molecule has 32 heavy (non-hydrogen) atoms. The second-order valence-corrected chi connectivity index (χ2v) is 11.8. The molecule has 0 saturated heterocycles. The molecule has 0 amide bonds. The minimum absolute atomic E-state index is 0.589. The maximum absolute atomic E-state index is 5.54. The van der Waals surface area contributed by atoms with Gasteiger partial charge in [0.2, 0.25) is 0 Å². The van der Waals surface area contributed by atoms with E-state index in [0.717, 1.165) is 17.5 Å². The van der Waals surface area contributed by atoms with Gasteiger partial charge in [-0.15, -0.1) is 0 Å². The van der Waals surface area contributed by atoms with E-state index in [-0.39, 0.29) is 0 Å². The van der Waals surface area contributed by atoms with E-state index in [9.17, 15) is 0 Å². The first kappa shape index (κ1) is 22.4. The van der Waals surface area contributed by atoms with Crippen molar-refractivity contribution >= 4 is 23.2 Å². The van der Waals surface area contributed by atoms with E-state index < -0.39 is 7.26 Å². The molecule has 0 spiro atoms. The molecule has 0 aliphatic carbocycles. The number of benzene rings is 3. The molecule has 3 aromatic carbocycles. The van der Waals surface area contributed by atoms with Gasteiger partial charge < -0.3 is 4.74 Å². The largest absolute Gasteiger partial charge is 0.380 e. The number of nitrogens with zero attached hydrogens (tertiary/aromatic N) is 1. The molecule has 0 N–H and O–H groups in total. The van der Waals surface area contributed by atoms with E-state index in [0.29, 0.717) is 6.61 Å². The van der Waals surface area contributed by atoms with Crippen molar-refractivity contribution in [3.05, 3.63) is 119 Å². The summed E-state index contributed by atoms with van der Waals surface area (Å²) in [5, 5.41) is 4.18. The predicted molar refractivity (Wildman–Crippen MR) is 138 cm³/mol. The van der Waals surface area contributed by atoms with Gasteiger partial charge in [0.05, 0.1) is 6.61 Å². The number of ether oxygens (including phenoxy) is 1. The van der Waals surface area contributed by atoms with Crippen molar-refractivity contribution in [1.29, 1.82) is 0 Å². The van der Waals surface area contributed by atoms with E-state index in [1.165, 1.54) is 32.6 Å². The Morgan fingerprint density at radius 3 is 1.44 bits per heavy atom. The van der Waals surface area contributed by atoms with Crippen LogP contribution in [0.3, 0.4) is 0 Å². The third-order valence-corrected chi connectivity index (χ3v) is 10.7. The molecule has 0 unspecified atom stereocenters. The Morgan fingerprint density at radius 1 is 0.625 bits per heavy atom. The summed E-state index contributed by atoms with van der Waals surface area (Å²) in [6, 6.07) is 33.1. The Hall–Kier alpha value is -2.80. The van der Waals surface area contributed by atoms with Gasteiger partial charge in [-0.2, -0.15) is 0 Å². The lowest BCUT2D eigenvalue weighted by atomic mass is 10.0. The highest BCUT2D eigenvalue weighted by Crippen LogP contribution is 2.58. The fraction of sp³-hybridized carbons (Fsp3) is 0.207. The molecule has 0 atom stereocenters. The maximum Gasteiger partial charge on any atom is 0.116 e. The van der Waals surface area contributed by atoms with Gasteiger partial charge in [0.1, 0.15) is 29.3 Å². The van der Waals surface area contributed by atoms with Crippen molar-refractivity contribution in [2.24, 2.45) is 0 Å². The molecular weight excluding hydrogens is 409 g/mol. The lowest BCUT2D eigenvalue weighted by Crippen LogP contribution is -2.33. The summed E-state index contributed by atoms with van der Waals surface area (Å²) in [5.74, 6) is 0. The molecule has 4 rings (SSSR count). The highest BCUT2D eigenvalue weighted by molar-refractivity contribution is 7.95. The van der Waals surface area contributed by atoms with Crippen LogP contribution in [0.15, 0.2) is 91.0 Å². The second-order valence-electron chi connectivity index (χ2n) is 8.27. The SMILES string of the molecule is COCc1c(C)nc(C)c(C[P+](c2ccccc2)(c2ccccc2)c2ccccc2)c1C. The molecule has 1 aromatic heterocycles. The van der Waals surface area contributed by atoms with Gasteiger partial charge in [-0.25, -0.2) is 0 Å². The van der Waals surface area contributed by atoms with Crippen LogP contribution in [0, 0.1) is 20.8 Å². The topological polar surface area (TPSA) is 22.1 Å². The highest BCUT2D eigenvalue weighted by Gasteiger charge is 2.46. The number of aryl methyl sites for hydroxylation is 2. The van der Waals surface area contributed by atoms with E-state index in [4.69, 9.17) is 9.72 Å². The smallest absolute Gasteiger partial charge is 0.116 e. The minimum Gasteiger partial charge on any atom is -0.380 e. The van der Waals surface area contributed by atoms with Gasteiger partial charge in [-0.05, 0) is 62.7 Å². The van der Waals surface area contributed by atoms with Gasteiger partial charge in [0.25, 0.3) is 0 Å². The summed E-state index contributed by atoms with van der Waals surface area (Å²) >= 11 is 0. The number of hydrogen-bond acceptors (Lipinski definition) is 2. The van der Waals surface area contributed by atoms with Gasteiger partial charge >= 0.3 is 0 Å². The van der Waals surface area contributed by atoms with Crippen LogP contribution in [0.5, 0.6) is 0 Å². The van der Waals surface area contributed by atoms with E-state index in [1.807, 2.05) is 0 Å². The molecule has 0 aliphatic rings. The van der Waals surface area contributed by atoms with Crippen LogP contribution in [0.1, 0.15) is 28.1 Å². The van der Waals surface area contributed by atoms with Crippen LogP contribution in [0.2, 0.25) is 0 Å². The first-order valence-corrected chi connectivity index (χ1v) is 13.0. The minimum atomic E-state index is -1.96. The lowest BCUT2D eigenvalue weighted by molar-refractivity contribution is 0.183. The van der Waals surface area contributed by atoms with Crippen molar-refractivity contribution in [1.82, 2.24) is 4.98 Å². The molecule has 0 radical (unpaired) electrons. The van der Waals surface area contributed by atoms with Crippen LogP contribution < -0.4 is 15.9 Å². The van der Waals surface area contributed by atoms with Crippen LogP contribution in [-0.4, -0.2) is 12.1 Å². The summed E-state index contributed by atoms with van der Waals surface area (Å²) in [5.41, 5.74) is 6.04. The first-order chi connectivity index (χ1) is 15.6. The summed E-state index contributed by atoms with van der Waals surface area (Å²) in [6.07, 6.45) is 0.937. The quantitative estimate of drug-likeness (QED) is 0.347. The Kier molecular flexibility index (Phi) is 6.84. The molecule has 1 heterocycles. The number of methoxy groups -OCH3 is 1. The van der Waals surface area contributed by atoms with Gasteiger partial charge in [-0.1, -0.05) is 54.6 Å². The van der Waals surface area contributed by atoms with Crippen molar-refractivity contribution in [2.75, 3.05) is 7.11 Å². The van der Waals surface area contributed by atoms with Gasteiger partial charge in [0, 0.05) is 29.6 Å². The third kappa shape index (κ3) is 4.13. The molecular formula is C29H31NOP+. The normalized spacial score (nSPS) is 11.5. The monoisotopic (exact) mass is 440 g/mol. The third-order valence-electron chi connectivity index (χ3n) is 6.39. The number of hydrogen-bond donors (Lipinski definition) is 0. The summed E-state index contributed by atoms with van der Waals surface area (Å²) in [7, 11) is -0.206. The maximum atomic E-state index is 5.54. The molecule has 0 aliphatic heterocycles. The highest BCUT2D eigenvalue weighted by atomic mass is 31.2. The Balaban J connectivity index is 2.03. The summed E-state index contributed by atoms with van der Waals surface area (Å²) < 4.78 is 5.54. The Morgan fingerprint density at radius 2 is 1.03 bits per heavy atom. The van der Waals surface area contributed by atoms with Crippen LogP contribution in [-0.2, 0) is 17.5 Å². The average Bonchev–Trinajstić information content (AvgIpc) is 2.84. The van der Waals surface area contributed by atoms with Crippen molar-refractivity contribution in [3.8, 4) is 0 Å². The van der Waals surface area contributed by atoms with Gasteiger partial charge in [-0.3, -0.25) is 4.98 Å². The fourth-order valence-electron chi connectivity index (χ4n) is 4.71. The Labute approximate surface area is 192 Å². The molecule has 0 bridgehead atoms. The molecule has 0 fully saturated rings. The fourth-order valence-corrected chi connectivity index (χ4v) is 9.13. The van der Waals surface area contributed by atoms with Crippen LogP contribution >= 0.6 is 7.26 Å². The van der Waals surface area contributed by atoms with E-state index in [1.54, 1.807) is 7.11 Å². The molecule has 0 saturated carbocycles. The summed E-state index contributed by atoms with van der Waals surface area (Å²) in [6.45, 7) is 7.07. The molecule has 3 heteroatoms. The zero-order valence-electron chi connectivity index (χ0n) is 19.4. The molecule has 2 nitrogen and oxygen atoms in total. The molecule has 162 valence electrons. The van der Waals surface area contributed by atoms with Crippen molar-refractivity contribution < 1.29 is 4.74 Å². The van der Waals surface area contributed by atoms with Crippen molar-refractivity contribution in [3.63, 3.8) is 0 Å².